The van der Waals surface area contributed by atoms with Crippen molar-refractivity contribution in [2.45, 2.75) is 58.7 Å². The first-order valence-electron chi connectivity index (χ1n) is 12.8. The van der Waals surface area contributed by atoms with Crippen LogP contribution in [0.15, 0.2) is 53.8 Å². The smallest absolute Gasteiger partial charge is 0.269 e. The van der Waals surface area contributed by atoms with Crippen molar-refractivity contribution in [3.8, 4) is 0 Å². The van der Waals surface area contributed by atoms with Crippen LogP contribution < -0.4 is 15.8 Å². The standard InChI is InChI=1S/C28H32F2N6O2.CH4/c1-18-14-35(22(11-32-18)15-34-7-6-31-13-26(34)37)16-27(38)36-17-28(2,3)23-12-33-21(10-25(23)36)8-19-4-5-20(29)9-24(19)30;/h4-7,9-10,12-13,18,22,32H,8,11,14-17H2,1-3H3;1H4/t18-,22-;/m1./s1. The van der Waals surface area contributed by atoms with E-state index in [0.29, 0.717) is 37.4 Å². The van der Waals surface area contributed by atoms with E-state index in [1.807, 2.05) is 6.07 Å². The number of piperazine rings is 1. The average Bonchev–Trinajstić information content (AvgIpc) is 3.14. The molecule has 2 aromatic heterocycles. The predicted octanol–water partition coefficient (Wildman–Crippen LogP) is 3.13. The molecule has 1 aromatic carbocycles. The maximum Gasteiger partial charge on any atom is 0.269 e. The van der Waals surface area contributed by atoms with Crippen LogP contribution in [-0.4, -0.2) is 63.6 Å². The number of hydrogen-bond donors (Lipinski definition) is 1. The molecule has 0 saturated carbocycles. The topological polar surface area (TPSA) is 83.4 Å². The zero-order chi connectivity index (χ0) is 27.0. The Bertz CT molecular complexity index is 1410. The van der Waals surface area contributed by atoms with Crippen LogP contribution in [0.25, 0.3) is 0 Å². The van der Waals surface area contributed by atoms with E-state index in [-0.39, 0.29) is 49.4 Å². The summed E-state index contributed by atoms with van der Waals surface area (Å²) in [5, 5.41) is 3.45. The van der Waals surface area contributed by atoms with E-state index >= 15 is 0 Å². The third kappa shape index (κ3) is 6.07. The number of fused-ring (bicyclic) bond motifs is 1. The molecule has 2 atom stereocenters. The Kier molecular flexibility index (Phi) is 8.27. The molecule has 1 amide bonds. The molecular formula is C29H36F2N6O2. The first-order chi connectivity index (χ1) is 18.1. The van der Waals surface area contributed by atoms with Crippen LogP contribution in [0, 0.1) is 11.6 Å². The van der Waals surface area contributed by atoms with Crippen LogP contribution in [0.2, 0.25) is 0 Å². The summed E-state index contributed by atoms with van der Waals surface area (Å²) < 4.78 is 29.2. The van der Waals surface area contributed by atoms with Crippen LogP contribution in [0.5, 0.6) is 0 Å². The highest BCUT2D eigenvalue weighted by Crippen LogP contribution is 2.40. The highest BCUT2D eigenvalue weighted by Gasteiger charge is 2.40. The molecule has 0 spiro atoms. The highest BCUT2D eigenvalue weighted by molar-refractivity contribution is 5.97. The minimum Gasteiger partial charge on any atom is -0.311 e. The van der Waals surface area contributed by atoms with Gasteiger partial charge in [-0.3, -0.25) is 24.5 Å². The molecule has 3 aromatic rings. The summed E-state index contributed by atoms with van der Waals surface area (Å²) in [6.45, 7) is 8.72. The van der Waals surface area contributed by atoms with Gasteiger partial charge in [-0.15, -0.1) is 0 Å². The fourth-order valence-electron chi connectivity index (χ4n) is 5.39. The first-order valence-corrected chi connectivity index (χ1v) is 12.8. The Morgan fingerprint density at radius 3 is 2.74 bits per heavy atom. The predicted molar refractivity (Wildman–Crippen MR) is 147 cm³/mol. The molecule has 2 aliphatic heterocycles. The van der Waals surface area contributed by atoms with Crippen molar-refractivity contribution in [3.05, 3.63) is 87.9 Å². The minimum atomic E-state index is -0.624. The Balaban J connectivity index is 0.00000353. The quantitative estimate of drug-likeness (QED) is 0.519. The number of benzene rings is 1. The molecule has 0 aliphatic carbocycles. The van der Waals surface area contributed by atoms with E-state index in [0.717, 1.165) is 17.3 Å². The lowest BCUT2D eigenvalue weighted by Crippen LogP contribution is -2.59. The maximum absolute atomic E-state index is 14.3. The van der Waals surface area contributed by atoms with Crippen LogP contribution in [0.3, 0.4) is 0 Å². The Morgan fingerprint density at radius 2 is 2.00 bits per heavy atom. The van der Waals surface area contributed by atoms with Crippen molar-refractivity contribution in [2.24, 2.45) is 0 Å². The number of pyridine rings is 1. The summed E-state index contributed by atoms with van der Waals surface area (Å²) in [5.74, 6) is -1.28. The minimum absolute atomic E-state index is 0. The van der Waals surface area contributed by atoms with E-state index in [4.69, 9.17) is 0 Å². The third-order valence-corrected chi connectivity index (χ3v) is 7.47. The SMILES string of the molecule is C.C[C@@H]1CN(CC(=O)N2CC(C)(C)c3cnc(Cc4ccc(F)cc4F)cc32)[C@@H](Cn2ccncc2=O)CN1. The van der Waals surface area contributed by atoms with Crippen LogP contribution >= 0.6 is 0 Å². The maximum atomic E-state index is 14.3. The molecule has 2 aliphatic rings. The molecule has 4 heterocycles. The summed E-state index contributed by atoms with van der Waals surface area (Å²) in [6, 6.07) is 5.53. The molecule has 208 valence electrons. The number of nitrogens with zero attached hydrogens (tertiary/aromatic N) is 5. The van der Waals surface area contributed by atoms with Crippen molar-refractivity contribution in [1.82, 2.24) is 24.8 Å². The Hall–Kier alpha value is -3.50. The fraction of sp³-hybridized carbons (Fsp3) is 0.448. The number of carbonyl (C=O) groups is 1. The average molecular weight is 539 g/mol. The van der Waals surface area contributed by atoms with E-state index in [1.54, 1.807) is 28.1 Å². The number of amides is 1. The molecule has 0 unspecified atom stereocenters. The van der Waals surface area contributed by atoms with Gasteiger partial charge >= 0.3 is 0 Å². The summed E-state index contributed by atoms with van der Waals surface area (Å²) in [4.78, 5) is 38.4. The fourth-order valence-corrected chi connectivity index (χ4v) is 5.39. The molecule has 39 heavy (non-hydrogen) atoms. The third-order valence-electron chi connectivity index (χ3n) is 7.47. The summed E-state index contributed by atoms with van der Waals surface area (Å²) in [5.41, 5.74) is 2.22. The second kappa shape index (κ2) is 11.3. The highest BCUT2D eigenvalue weighted by atomic mass is 19.1. The van der Waals surface area contributed by atoms with Gasteiger partial charge in [-0.05, 0) is 24.6 Å². The van der Waals surface area contributed by atoms with Gasteiger partial charge in [0.2, 0.25) is 5.91 Å². The Labute approximate surface area is 227 Å². The molecule has 1 saturated heterocycles. The van der Waals surface area contributed by atoms with Gasteiger partial charge in [0, 0.05) is 86.0 Å². The van der Waals surface area contributed by atoms with Crippen LogP contribution in [-0.2, 0) is 23.2 Å². The number of carbonyl (C=O) groups excluding carboxylic acids is 1. The lowest BCUT2D eigenvalue weighted by molar-refractivity contribution is -0.120. The van der Waals surface area contributed by atoms with Gasteiger partial charge in [-0.25, -0.2) is 8.78 Å². The summed E-state index contributed by atoms with van der Waals surface area (Å²) >= 11 is 0. The van der Waals surface area contributed by atoms with Gasteiger partial charge in [0.1, 0.15) is 11.6 Å². The number of anilines is 1. The van der Waals surface area contributed by atoms with Crippen molar-refractivity contribution in [1.29, 1.82) is 0 Å². The molecule has 10 heteroatoms. The lowest BCUT2D eigenvalue weighted by Gasteiger charge is -2.39. The van der Waals surface area contributed by atoms with Gasteiger partial charge in [0.15, 0.2) is 0 Å². The van der Waals surface area contributed by atoms with Crippen LogP contribution in [0.1, 0.15) is 45.0 Å². The largest absolute Gasteiger partial charge is 0.311 e. The molecule has 8 nitrogen and oxygen atoms in total. The molecule has 5 rings (SSSR count). The molecule has 0 radical (unpaired) electrons. The number of aromatic nitrogens is 3. The van der Waals surface area contributed by atoms with Crippen molar-refractivity contribution < 1.29 is 13.6 Å². The van der Waals surface area contributed by atoms with E-state index < -0.39 is 11.6 Å². The van der Waals surface area contributed by atoms with Crippen molar-refractivity contribution in [3.63, 3.8) is 0 Å². The molecular weight excluding hydrogens is 502 g/mol. The Morgan fingerprint density at radius 1 is 1.21 bits per heavy atom. The molecule has 1 fully saturated rings. The van der Waals surface area contributed by atoms with E-state index in [9.17, 15) is 18.4 Å². The van der Waals surface area contributed by atoms with E-state index in [2.05, 4.69) is 41.0 Å². The number of nitrogens with one attached hydrogen (secondary N) is 1. The van der Waals surface area contributed by atoms with E-state index in [1.165, 1.54) is 18.3 Å². The normalized spacial score (nSPS) is 20.4. The molecule has 0 bridgehead atoms. The lowest BCUT2D eigenvalue weighted by atomic mass is 9.88. The van der Waals surface area contributed by atoms with Crippen molar-refractivity contribution in [2.75, 3.05) is 31.1 Å². The van der Waals surface area contributed by atoms with Gasteiger partial charge in [-0.1, -0.05) is 27.3 Å². The van der Waals surface area contributed by atoms with Crippen LogP contribution in [0.4, 0.5) is 14.5 Å². The zero-order valence-corrected chi connectivity index (χ0v) is 21.8. The number of hydrogen-bond acceptors (Lipinski definition) is 6. The summed E-state index contributed by atoms with van der Waals surface area (Å²) in [7, 11) is 0. The summed E-state index contributed by atoms with van der Waals surface area (Å²) in [6.07, 6.45) is 6.51. The first kappa shape index (κ1) is 28.5. The van der Waals surface area contributed by atoms with Gasteiger partial charge in [-0.2, -0.15) is 0 Å². The molecule has 1 N–H and O–H groups in total. The second-order valence-electron chi connectivity index (χ2n) is 10.9. The van der Waals surface area contributed by atoms with Gasteiger partial charge < -0.3 is 14.8 Å². The number of rotatable bonds is 6. The zero-order valence-electron chi connectivity index (χ0n) is 21.8. The second-order valence-corrected chi connectivity index (χ2v) is 10.9. The monoisotopic (exact) mass is 538 g/mol. The number of halogens is 2. The van der Waals surface area contributed by atoms with Crippen molar-refractivity contribution >= 4 is 11.6 Å². The van der Waals surface area contributed by atoms with Gasteiger partial charge in [0.05, 0.1) is 18.4 Å². The van der Waals surface area contributed by atoms with Gasteiger partial charge in [0.25, 0.3) is 5.56 Å².